The largest absolute Gasteiger partial charge is 0.490 e. The molecule has 160 valence electrons. The Morgan fingerprint density at radius 1 is 1.10 bits per heavy atom. The molecule has 2 aromatic rings. The number of carbonyl (C=O) groups excluding carboxylic acids is 1. The first-order valence-corrected chi connectivity index (χ1v) is 10.5. The summed E-state index contributed by atoms with van der Waals surface area (Å²) >= 11 is 0. The molecule has 0 spiro atoms. The Hall–Kier alpha value is -3.18. The molecule has 1 heterocycles. The summed E-state index contributed by atoms with van der Waals surface area (Å²) in [5, 5.41) is 11.2. The van der Waals surface area contributed by atoms with Crippen LogP contribution in [0.15, 0.2) is 53.4 Å². The summed E-state index contributed by atoms with van der Waals surface area (Å²) in [5.41, 5.74) is 0.426. The van der Waals surface area contributed by atoms with E-state index in [1.807, 2.05) is 30.3 Å². The summed E-state index contributed by atoms with van der Waals surface area (Å²) in [6.07, 6.45) is -0.518. The number of hydrogen-bond acceptors (Lipinski definition) is 7. The van der Waals surface area contributed by atoms with Gasteiger partial charge in [-0.15, -0.1) is 0 Å². The monoisotopic (exact) mass is 435 g/mol. The lowest BCUT2D eigenvalue weighted by Gasteiger charge is -2.33. The number of amides is 1. The minimum atomic E-state index is -3.95. The van der Waals surface area contributed by atoms with E-state index in [0.717, 1.165) is 11.6 Å². The van der Waals surface area contributed by atoms with Crippen molar-refractivity contribution in [2.45, 2.75) is 11.5 Å². The van der Waals surface area contributed by atoms with E-state index >= 15 is 0 Å². The third-order valence-electron chi connectivity index (χ3n) is 4.69. The molecule has 1 fully saturated rings. The fraction of sp³-hybridized carbons (Fsp3) is 0.316. The lowest BCUT2D eigenvalue weighted by Crippen LogP contribution is -2.50. The average molecular weight is 435 g/mol. The second kappa shape index (κ2) is 9.09. The number of ether oxygens (including phenoxy) is 2. The number of nitro groups is 1. The van der Waals surface area contributed by atoms with Crippen LogP contribution in [-0.4, -0.2) is 61.9 Å². The van der Waals surface area contributed by atoms with Crippen molar-refractivity contribution in [1.82, 2.24) is 9.21 Å². The van der Waals surface area contributed by atoms with E-state index in [1.54, 1.807) is 0 Å². The third kappa shape index (κ3) is 4.69. The summed E-state index contributed by atoms with van der Waals surface area (Å²) in [4.78, 5) is 24.0. The van der Waals surface area contributed by atoms with Crippen molar-refractivity contribution in [3.8, 4) is 5.75 Å². The van der Waals surface area contributed by atoms with Gasteiger partial charge in [0, 0.05) is 32.2 Å². The fourth-order valence-electron chi connectivity index (χ4n) is 3.04. The van der Waals surface area contributed by atoms with Gasteiger partial charge in [-0.25, -0.2) is 13.2 Å². The molecule has 1 aliphatic rings. The number of sulfonamides is 1. The van der Waals surface area contributed by atoms with Crippen molar-refractivity contribution in [2.75, 3.05) is 33.3 Å². The van der Waals surface area contributed by atoms with Crippen molar-refractivity contribution in [3.05, 3.63) is 64.2 Å². The average Bonchev–Trinajstić information content (AvgIpc) is 2.77. The topological polar surface area (TPSA) is 119 Å². The van der Waals surface area contributed by atoms with Crippen LogP contribution in [0.4, 0.5) is 10.5 Å². The van der Waals surface area contributed by atoms with Gasteiger partial charge in [0.05, 0.1) is 16.9 Å². The Bertz CT molecular complexity index is 1020. The summed E-state index contributed by atoms with van der Waals surface area (Å²) in [7, 11) is -2.68. The lowest BCUT2D eigenvalue weighted by molar-refractivity contribution is -0.386. The van der Waals surface area contributed by atoms with E-state index in [9.17, 15) is 23.3 Å². The smallest absolute Gasteiger partial charge is 0.410 e. The van der Waals surface area contributed by atoms with Crippen molar-refractivity contribution >= 4 is 21.8 Å². The molecule has 0 N–H and O–H groups in total. The third-order valence-corrected chi connectivity index (χ3v) is 6.58. The number of carbonyl (C=O) groups is 1. The zero-order chi connectivity index (χ0) is 21.7. The molecule has 0 radical (unpaired) electrons. The summed E-state index contributed by atoms with van der Waals surface area (Å²) in [6.45, 7) is 0.565. The predicted molar refractivity (Wildman–Crippen MR) is 107 cm³/mol. The Morgan fingerprint density at radius 2 is 1.77 bits per heavy atom. The number of nitrogens with zero attached hydrogens (tertiary/aromatic N) is 3. The molecule has 0 unspecified atom stereocenters. The normalized spacial score (nSPS) is 14.9. The van der Waals surface area contributed by atoms with Gasteiger partial charge < -0.3 is 14.4 Å². The molecular formula is C19H21N3O7S. The van der Waals surface area contributed by atoms with Gasteiger partial charge in [-0.1, -0.05) is 30.3 Å². The van der Waals surface area contributed by atoms with Gasteiger partial charge >= 0.3 is 11.8 Å². The number of methoxy groups -OCH3 is 1. The lowest BCUT2D eigenvalue weighted by atomic mass is 10.2. The highest BCUT2D eigenvalue weighted by Gasteiger charge is 2.32. The van der Waals surface area contributed by atoms with Gasteiger partial charge in [0.15, 0.2) is 5.75 Å². The van der Waals surface area contributed by atoms with Gasteiger partial charge in [-0.2, -0.15) is 4.31 Å². The van der Waals surface area contributed by atoms with E-state index in [0.29, 0.717) is 0 Å². The molecule has 0 atom stereocenters. The highest BCUT2D eigenvalue weighted by atomic mass is 32.2. The van der Waals surface area contributed by atoms with Crippen LogP contribution in [0.1, 0.15) is 5.56 Å². The first-order valence-electron chi connectivity index (χ1n) is 9.11. The maximum Gasteiger partial charge on any atom is 0.410 e. The van der Waals surface area contributed by atoms with Crippen molar-refractivity contribution in [3.63, 3.8) is 0 Å². The Balaban J connectivity index is 1.63. The van der Waals surface area contributed by atoms with E-state index in [4.69, 9.17) is 9.47 Å². The number of hydrogen-bond donors (Lipinski definition) is 0. The Labute approximate surface area is 173 Å². The van der Waals surface area contributed by atoms with Crippen molar-refractivity contribution < 1.29 is 27.6 Å². The molecule has 0 aliphatic carbocycles. The zero-order valence-corrected chi connectivity index (χ0v) is 17.1. The van der Waals surface area contributed by atoms with Gasteiger partial charge in [0.25, 0.3) is 0 Å². The molecule has 0 saturated carbocycles. The van der Waals surface area contributed by atoms with Crippen LogP contribution < -0.4 is 4.74 Å². The van der Waals surface area contributed by atoms with Crippen LogP contribution in [0, 0.1) is 10.1 Å². The maximum absolute atomic E-state index is 12.9. The van der Waals surface area contributed by atoms with Crippen LogP contribution in [0.3, 0.4) is 0 Å². The van der Waals surface area contributed by atoms with Crippen LogP contribution in [0.2, 0.25) is 0 Å². The molecule has 3 rings (SSSR count). The van der Waals surface area contributed by atoms with Crippen LogP contribution in [0.5, 0.6) is 5.75 Å². The maximum atomic E-state index is 12.9. The van der Waals surface area contributed by atoms with Crippen molar-refractivity contribution in [1.29, 1.82) is 0 Å². The number of piperazine rings is 1. The SMILES string of the molecule is COc1ccc(S(=O)(=O)N2CCN(C(=O)OCc3ccccc3)CC2)cc1[N+](=O)[O-]. The number of rotatable bonds is 6. The molecule has 10 nitrogen and oxygen atoms in total. The molecule has 0 aromatic heterocycles. The van der Waals surface area contributed by atoms with E-state index in [1.165, 1.54) is 28.4 Å². The molecule has 1 aliphatic heterocycles. The molecule has 1 amide bonds. The molecule has 0 bridgehead atoms. The highest BCUT2D eigenvalue weighted by Crippen LogP contribution is 2.30. The Kier molecular flexibility index (Phi) is 6.53. The number of benzene rings is 2. The van der Waals surface area contributed by atoms with Gasteiger partial charge in [0.2, 0.25) is 10.0 Å². The molecule has 1 saturated heterocycles. The first-order chi connectivity index (χ1) is 14.3. The van der Waals surface area contributed by atoms with E-state index < -0.39 is 26.7 Å². The van der Waals surface area contributed by atoms with Crippen LogP contribution in [0.25, 0.3) is 0 Å². The minimum Gasteiger partial charge on any atom is -0.490 e. The zero-order valence-electron chi connectivity index (χ0n) is 16.3. The predicted octanol–water partition coefficient (Wildman–Crippen LogP) is 2.25. The van der Waals surface area contributed by atoms with Crippen LogP contribution >= 0.6 is 0 Å². The molecule has 30 heavy (non-hydrogen) atoms. The number of nitro benzene ring substituents is 1. The van der Waals surface area contributed by atoms with Crippen molar-refractivity contribution in [2.24, 2.45) is 0 Å². The van der Waals surface area contributed by atoms with Crippen LogP contribution in [-0.2, 0) is 21.4 Å². The quantitative estimate of drug-likeness (QED) is 0.504. The van der Waals surface area contributed by atoms with Gasteiger partial charge in [0.1, 0.15) is 6.61 Å². The summed E-state index contributed by atoms with van der Waals surface area (Å²) in [5.74, 6) is -0.0232. The first kappa shape index (κ1) is 21.5. The second-order valence-electron chi connectivity index (χ2n) is 6.52. The standard InChI is InChI=1S/C19H21N3O7S/c1-28-18-8-7-16(13-17(18)22(24)25)30(26,27)21-11-9-20(10-12-21)19(23)29-14-15-5-3-2-4-6-15/h2-8,13H,9-12,14H2,1H3. The van der Waals surface area contributed by atoms with Gasteiger partial charge in [-0.05, 0) is 17.7 Å². The van der Waals surface area contributed by atoms with Gasteiger partial charge in [-0.3, -0.25) is 10.1 Å². The fourth-order valence-corrected chi connectivity index (χ4v) is 4.49. The highest BCUT2D eigenvalue weighted by molar-refractivity contribution is 7.89. The Morgan fingerprint density at radius 3 is 2.37 bits per heavy atom. The summed E-state index contributed by atoms with van der Waals surface area (Å²) < 4.78 is 37.1. The molecule has 11 heteroatoms. The van der Waals surface area contributed by atoms with E-state index in [-0.39, 0.29) is 43.4 Å². The second-order valence-corrected chi connectivity index (χ2v) is 8.46. The minimum absolute atomic E-state index is 0.0232. The molecule has 2 aromatic carbocycles. The molecular weight excluding hydrogens is 414 g/mol. The van der Waals surface area contributed by atoms with E-state index in [2.05, 4.69) is 0 Å². The summed E-state index contributed by atoms with van der Waals surface area (Å²) in [6, 6.07) is 12.7.